The van der Waals surface area contributed by atoms with Crippen LogP contribution in [0.4, 0.5) is 4.79 Å². The van der Waals surface area contributed by atoms with Crippen LogP contribution in [0.5, 0.6) is 11.5 Å². The van der Waals surface area contributed by atoms with E-state index in [9.17, 15) is 4.79 Å². The van der Waals surface area contributed by atoms with Crippen LogP contribution in [-0.2, 0) is 4.74 Å². The Morgan fingerprint density at radius 2 is 1.55 bits per heavy atom. The molecule has 2 unspecified atom stereocenters. The predicted octanol–water partition coefficient (Wildman–Crippen LogP) is 6.69. The summed E-state index contributed by atoms with van der Waals surface area (Å²) >= 11 is 0. The minimum atomic E-state index is -0.499. The molecule has 5 nitrogen and oxygen atoms in total. The molecule has 2 aromatic carbocycles. The number of hydrogen-bond donors (Lipinski definition) is 0. The molecular weight excluding hydrogens is 390 g/mol. The van der Waals surface area contributed by atoms with Crippen molar-refractivity contribution in [1.82, 2.24) is 4.90 Å². The molecule has 5 heteroatoms. The van der Waals surface area contributed by atoms with Crippen molar-refractivity contribution < 1.29 is 19.0 Å². The third kappa shape index (κ3) is 8.25. The highest BCUT2D eigenvalue weighted by Crippen LogP contribution is 2.32. The first-order valence-corrected chi connectivity index (χ1v) is 11.2. The molecule has 0 aromatic heterocycles. The number of carbonyl (C=O) groups excluding carboxylic acids is 1. The molecule has 0 aliphatic carbocycles. The van der Waals surface area contributed by atoms with E-state index in [4.69, 9.17) is 14.2 Å². The van der Waals surface area contributed by atoms with Crippen molar-refractivity contribution in [2.24, 2.45) is 11.8 Å². The summed E-state index contributed by atoms with van der Waals surface area (Å²) in [4.78, 5) is 13.8. The monoisotopic (exact) mass is 427 g/mol. The van der Waals surface area contributed by atoms with Gasteiger partial charge in [0, 0.05) is 6.54 Å². The number of benzene rings is 2. The van der Waals surface area contributed by atoms with Crippen molar-refractivity contribution in [1.29, 1.82) is 0 Å². The van der Waals surface area contributed by atoms with E-state index in [2.05, 4.69) is 39.8 Å². The van der Waals surface area contributed by atoms with Crippen LogP contribution in [-0.4, -0.2) is 30.6 Å². The third-order valence-corrected chi connectivity index (χ3v) is 5.19. The van der Waals surface area contributed by atoms with Gasteiger partial charge in [-0.3, -0.25) is 4.90 Å². The molecule has 170 valence electrons. The first kappa shape index (κ1) is 24.7. The van der Waals surface area contributed by atoms with Crippen LogP contribution in [0.2, 0.25) is 0 Å². The van der Waals surface area contributed by atoms with Gasteiger partial charge in [-0.05, 0) is 67.9 Å². The zero-order chi connectivity index (χ0) is 22.8. The highest BCUT2D eigenvalue weighted by molar-refractivity contribution is 5.70. The molecule has 2 aromatic rings. The van der Waals surface area contributed by atoms with Gasteiger partial charge >= 0.3 is 6.09 Å². The van der Waals surface area contributed by atoms with E-state index in [1.807, 2.05) is 44.2 Å². The van der Waals surface area contributed by atoms with E-state index in [1.165, 1.54) is 16.9 Å². The van der Waals surface area contributed by atoms with Gasteiger partial charge in [0.25, 0.3) is 0 Å². The van der Waals surface area contributed by atoms with E-state index in [1.54, 1.807) is 12.1 Å². The number of amides is 1. The second kappa shape index (κ2) is 12.4. The topological polar surface area (TPSA) is 48.0 Å². The van der Waals surface area contributed by atoms with Gasteiger partial charge in [-0.1, -0.05) is 58.0 Å². The quantitative estimate of drug-likeness (QED) is 0.375. The van der Waals surface area contributed by atoms with Crippen LogP contribution in [0, 0.1) is 11.8 Å². The highest BCUT2D eigenvalue weighted by Gasteiger charge is 2.18. The molecular formula is C26H37NO4. The molecule has 0 heterocycles. The molecule has 0 N–H and O–H groups in total. The van der Waals surface area contributed by atoms with Gasteiger partial charge in [0.05, 0.1) is 0 Å². The molecule has 0 aliphatic heterocycles. The maximum atomic E-state index is 12.3. The summed E-state index contributed by atoms with van der Waals surface area (Å²) in [6.07, 6.45) is 0.222. The van der Waals surface area contributed by atoms with Gasteiger partial charge in [-0.15, -0.1) is 0 Å². The zero-order valence-electron chi connectivity index (χ0n) is 19.7. The molecule has 0 bridgehead atoms. The Kier molecular flexibility index (Phi) is 9.86. The molecule has 1 amide bonds. The van der Waals surface area contributed by atoms with Gasteiger partial charge in [-0.2, -0.15) is 0 Å². The average molecular weight is 428 g/mol. The summed E-state index contributed by atoms with van der Waals surface area (Å²) in [5.41, 5.74) is 1.34. The lowest BCUT2D eigenvalue weighted by atomic mass is 9.82. The molecule has 2 atom stereocenters. The number of nitrogens with zero attached hydrogens (tertiary/aromatic N) is 1. The molecule has 0 radical (unpaired) electrons. The molecule has 0 fully saturated rings. The number of hydrogen-bond acceptors (Lipinski definition) is 4. The number of carbonyl (C=O) groups is 1. The molecule has 2 rings (SSSR count). The van der Waals surface area contributed by atoms with Crippen molar-refractivity contribution in [3.63, 3.8) is 0 Å². The van der Waals surface area contributed by atoms with Crippen molar-refractivity contribution in [3.8, 4) is 11.5 Å². The maximum Gasteiger partial charge on any atom is 0.417 e. The SMILES string of the molecule is CCN(COC(C)Oc1ccc(C(CC(C)C)C(C)C)cc1)C(=O)Oc1ccccc1. The van der Waals surface area contributed by atoms with Crippen molar-refractivity contribution in [3.05, 3.63) is 60.2 Å². The fraction of sp³-hybridized carbons (Fsp3) is 0.500. The molecule has 0 spiro atoms. The minimum Gasteiger partial charge on any atom is -0.465 e. The summed E-state index contributed by atoms with van der Waals surface area (Å²) < 4.78 is 17.0. The van der Waals surface area contributed by atoms with E-state index < -0.39 is 12.4 Å². The highest BCUT2D eigenvalue weighted by atomic mass is 16.7. The fourth-order valence-corrected chi connectivity index (χ4v) is 3.44. The summed E-state index contributed by atoms with van der Waals surface area (Å²) in [6.45, 7) is 13.3. The molecule has 0 aliphatic rings. The van der Waals surface area contributed by atoms with Crippen LogP contribution < -0.4 is 9.47 Å². The standard InChI is InChI=1S/C26H37NO4/c1-7-27(26(28)31-23-11-9-8-10-12-23)18-29-21(6)30-24-15-13-22(14-16-24)25(20(4)5)17-19(2)3/h8-16,19-21,25H,7,17-18H2,1-6H3. The smallest absolute Gasteiger partial charge is 0.417 e. The molecule has 0 saturated carbocycles. The Balaban J connectivity index is 1.86. The van der Waals surface area contributed by atoms with Crippen molar-refractivity contribution >= 4 is 6.09 Å². The van der Waals surface area contributed by atoms with Crippen LogP contribution in [0.1, 0.15) is 59.4 Å². The molecule has 0 saturated heterocycles. The van der Waals surface area contributed by atoms with Crippen LogP contribution in [0.3, 0.4) is 0 Å². The van der Waals surface area contributed by atoms with Crippen LogP contribution >= 0.6 is 0 Å². The van der Waals surface area contributed by atoms with E-state index >= 15 is 0 Å². The Hall–Kier alpha value is -2.53. The number of ether oxygens (including phenoxy) is 3. The number of para-hydroxylation sites is 1. The summed E-state index contributed by atoms with van der Waals surface area (Å²) in [5.74, 6) is 3.04. The predicted molar refractivity (Wildman–Crippen MR) is 124 cm³/mol. The van der Waals surface area contributed by atoms with E-state index in [0.717, 1.165) is 5.75 Å². The summed E-state index contributed by atoms with van der Waals surface area (Å²) in [6, 6.07) is 17.3. The first-order chi connectivity index (χ1) is 14.8. The zero-order valence-corrected chi connectivity index (χ0v) is 19.7. The Morgan fingerprint density at radius 3 is 2.10 bits per heavy atom. The normalized spacial score (nSPS) is 13.2. The Morgan fingerprint density at radius 1 is 0.903 bits per heavy atom. The van der Waals surface area contributed by atoms with Gasteiger partial charge in [0.2, 0.25) is 0 Å². The van der Waals surface area contributed by atoms with Gasteiger partial charge < -0.3 is 14.2 Å². The summed E-state index contributed by atoms with van der Waals surface area (Å²) in [7, 11) is 0. The lowest BCUT2D eigenvalue weighted by molar-refractivity contribution is -0.0986. The van der Waals surface area contributed by atoms with Crippen LogP contribution in [0.25, 0.3) is 0 Å². The lowest BCUT2D eigenvalue weighted by Crippen LogP contribution is -2.37. The Labute approximate surface area is 187 Å². The van der Waals surface area contributed by atoms with Crippen molar-refractivity contribution in [2.75, 3.05) is 13.3 Å². The van der Waals surface area contributed by atoms with Gasteiger partial charge in [0.1, 0.15) is 18.2 Å². The molecule has 31 heavy (non-hydrogen) atoms. The minimum absolute atomic E-state index is 0.0885. The fourth-order valence-electron chi connectivity index (χ4n) is 3.44. The first-order valence-electron chi connectivity index (χ1n) is 11.2. The van der Waals surface area contributed by atoms with E-state index in [-0.39, 0.29) is 6.73 Å². The summed E-state index contributed by atoms with van der Waals surface area (Å²) in [5, 5.41) is 0. The van der Waals surface area contributed by atoms with E-state index in [0.29, 0.717) is 30.0 Å². The maximum absolute atomic E-state index is 12.3. The Bertz CT molecular complexity index is 774. The second-order valence-corrected chi connectivity index (χ2v) is 8.57. The second-order valence-electron chi connectivity index (χ2n) is 8.57. The lowest BCUT2D eigenvalue weighted by Gasteiger charge is -2.24. The van der Waals surface area contributed by atoms with Crippen molar-refractivity contribution in [2.45, 2.75) is 60.2 Å². The van der Waals surface area contributed by atoms with Crippen LogP contribution in [0.15, 0.2) is 54.6 Å². The average Bonchev–Trinajstić information content (AvgIpc) is 2.73. The number of rotatable bonds is 11. The largest absolute Gasteiger partial charge is 0.465 e. The van der Waals surface area contributed by atoms with Gasteiger partial charge in [0.15, 0.2) is 6.29 Å². The third-order valence-electron chi connectivity index (χ3n) is 5.19. The van der Waals surface area contributed by atoms with Gasteiger partial charge in [-0.25, -0.2) is 4.79 Å².